The molecule has 0 aliphatic carbocycles. The van der Waals surface area contributed by atoms with E-state index >= 15 is 0 Å². The first-order chi connectivity index (χ1) is 6.03. The summed E-state index contributed by atoms with van der Waals surface area (Å²) in [7, 11) is -0.581. The van der Waals surface area contributed by atoms with Crippen molar-refractivity contribution in [3.63, 3.8) is 0 Å². The van der Waals surface area contributed by atoms with Gasteiger partial charge in [0, 0.05) is 18.6 Å². The van der Waals surface area contributed by atoms with E-state index in [1.807, 2.05) is 6.92 Å². The van der Waals surface area contributed by atoms with Crippen molar-refractivity contribution in [1.29, 1.82) is 0 Å². The maximum Gasteiger partial charge on any atom is 0.640 e. The summed E-state index contributed by atoms with van der Waals surface area (Å²) in [5.74, 6) is 0. The first-order valence-corrected chi connectivity index (χ1v) is 4.68. The van der Waals surface area contributed by atoms with Gasteiger partial charge in [0.2, 0.25) is 0 Å². The second-order valence-electron chi connectivity index (χ2n) is 4.16. The molecule has 0 radical (unpaired) electrons. The van der Waals surface area contributed by atoms with Crippen LogP contribution in [0.3, 0.4) is 0 Å². The highest BCUT2D eigenvalue weighted by Gasteiger charge is 2.35. The summed E-state index contributed by atoms with van der Waals surface area (Å²) in [5.41, 5.74) is 5.67. The van der Waals surface area contributed by atoms with Crippen molar-refractivity contribution in [2.24, 2.45) is 11.1 Å². The van der Waals surface area contributed by atoms with E-state index in [-0.39, 0.29) is 11.6 Å². The predicted molar refractivity (Wildman–Crippen MR) is 50.8 cm³/mol. The van der Waals surface area contributed by atoms with E-state index in [2.05, 4.69) is 13.8 Å². The smallest absolute Gasteiger partial charge is 0.385 e. The largest absolute Gasteiger partial charge is 0.640 e. The van der Waals surface area contributed by atoms with Crippen LogP contribution in [-0.4, -0.2) is 26.8 Å². The molecule has 1 heterocycles. The van der Waals surface area contributed by atoms with Crippen LogP contribution >= 0.6 is 0 Å². The summed E-state index contributed by atoms with van der Waals surface area (Å²) >= 11 is 0. The van der Waals surface area contributed by atoms with Crippen LogP contribution < -0.4 is 5.73 Å². The van der Waals surface area contributed by atoms with Crippen LogP contribution in [0.15, 0.2) is 0 Å². The minimum Gasteiger partial charge on any atom is -0.385 e. The summed E-state index contributed by atoms with van der Waals surface area (Å²) in [6.45, 7) is 7.42. The van der Waals surface area contributed by atoms with Gasteiger partial charge in [-0.05, 0) is 6.42 Å². The number of hydrogen-bond donors (Lipinski definition) is 1. The van der Waals surface area contributed by atoms with Crippen molar-refractivity contribution in [3.05, 3.63) is 0 Å². The van der Waals surface area contributed by atoms with Crippen molar-refractivity contribution in [1.82, 2.24) is 0 Å². The van der Waals surface area contributed by atoms with E-state index in [4.69, 9.17) is 19.7 Å². The Balaban J connectivity index is 2.25. The van der Waals surface area contributed by atoms with Crippen LogP contribution in [0.1, 0.15) is 27.2 Å². The Labute approximate surface area is 79.9 Å². The number of nitrogens with two attached hydrogens (primary N) is 1. The van der Waals surface area contributed by atoms with Gasteiger partial charge in [-0.3, -0.25) is 0 Å². The molecule has 0 spiro atoms. The third kappa shape index (κ3) is 3.64. The van der Waals surface area contributed by atoms with Crippen LogP contribution in [0.2, 0.25) is 0 Å². The van der Waals surface area contributed by atoms with Crippen molar-refractivity contribution < 1.29 is 14.0 Å². The first kappa shape index (κ1) is 11.0. The zero-order valence-corrected chi connectivity index (χ0v) is 8.58. The lowest BCUT2D eigenvalue weighted by atomic mass is 9.93. The fourth-order valence-corrected chi connectivity index (χ4v) is 0.995. The van der Waals surface area contributed by atoms with Crippen LogP contribution in [0.4, 0.5) is 0 Å². The van der Waals surface area contributed by atoms with Crippen LogP contribution in [0, 0.1) is 5.41 Å². The van der Waals surface area contributed by atoms with Gasteiger partial charge in [-0.2, -0.15) is 0 Å². The number of rotatable bonds is 3. The quantitative estimate of drug-likeness (QED) is 0.523. The van der Waals surface area contributed by atoms with Crippen LogP contribution in [0.5, 0.6) is 0 Å². The summed E-state index contributed by atoms with van der Waals surface area (Å²) < 4.78 is 15.9. The van der Waals surface area contributed by atoms with Gasteiger partial charge in [-0.15, -0.1) is 0 Å². The summed E-state index contributed by atoms with van der Waals surface area (Å²) in [4.78, 5) is 0. The second kappa shape index (κ2) is 4.42. The van der Waals surface area contributed by atoms with E-state index in [0.29, 0.717) is 13.2 Å². The third-order valence-corrected chi connectivity index (χ3v) is 1.91. The van der Waals surface area contributed by atoms with E-state index in [9.17, 15) is 0 Å². The molecule has 2 N–H and O–H groups in total. The lowest BCUT2D eigenvalue weighted by Gasteiger charge is -2.32. The molecule has 1 saturated heterocycles. The molecule has 1 unspecified atom stereocenters. The molecule has 4 nitrogen and oxygen atoms in total. The van der Waals surface area contributed by atoms with Gasteiger partial charge in [0.15, 0.2) is 0 Å². The molecular weight excluding hydrogens is 169 g/mol. The van der Waals surface area contributed by atoms with E-state index in [1.54, 1.807) is 0 Å². The molecule has 1 rings (SSSR count). The molecule has 1 fully saturated rings. The molecule has 0 aromatic heterocycles. The van der Waals surface area contributed by atoms with Crippen molar-refractivity contribution in [3.8, 4) is 0 Å². The molecule has 1 atom stereocenters. The summed E-state index contributed by atoms with van der Waals surface area (Å²) in [5, 5.41) is 0. The summed E-state index contributed by atoms with van der Waals surface area (Å²) in [6, 6.07) is 0. The lowest BCUT2D eigenvalue weighted by Crippen LogP contribution is -2.45. The zero-order valence-electron chi connectivity index (χ0n) is 8.58. The Morgan fingerprint density at radius 1 is 1.46 bits per heavy atom. The van der Waals surface area contributed by atoms with E-state index in [1.165, 1.54) is 0 Å². The molecular formula is C8H18BNO3. The molecule has 0 amide bonds. The average Bonchev–Trinajstić information content (AvgIpc) is 2.08. The monoisotopic (exact) mass is 187 g/mol. The maximum absolute atomic E-state index is 5.59. The zero-order chi connectivity index (χ0) is 9.90. The van der Waals surface area contributed by atoms with Crippen molar-refractivity contribution >= 4 is 7.32 Å². The highest BCUT2D eigenvalue weighted by Crippen LogP contribution is 2.21. The Kier molecular flexibility index (Phi) is 3.73. The maximum atomic E-state index is 5.59. The van der Waals surface area contributed by atoms with Gasteiger partial charge < -0.3 is 19.7 Å². The molecule has 5 heteroatoms. The lowest BCUT2D eigenvalue weighted by molar-refractivity contribution is -0.0324. The molecule has 1 aliphatic rings. The molecule has 0 aromatic carbocycles. The predicted octanol–water partition coefficient (Wildman–Crippen LogP) is 0.756. The van der Waals surface area contributed by atoms with Crippen molar-refractivity contribution in [2.45, 2.75) is 33.4 Å². The van der Waals surface area contributed by atoms with Gasteiger partial charge in [0.25, 0.3) is 0 Å². The number of hydrogen-bond acceptors (Lipinski definition) is 4. The van der Waals surface area contributed by atoms with Gasteiger partial charge in [-0.25, -0.2) is 0 Å². The molecule has 76 valence electrons. The normalized spacial score (nSPS) is 24.5. The molecule has 13 heavy (non-hydrogen) atoms. The standard InChI is InChI=1S/C8H18BNO3/c1-4-7(10)13-9-11-5-8(2,3)6-12-9/h7H,4-6,10H2,1-3H3. The highest BCUT2D eigenvalue weighted by atomic mass is 16.7. The first-order valence-electron chi connectivity index (χ1n) is 4.68. The Morgan fingerprint density at radius 2 is 2.00 bits per heavy atom. The Bertz CT molecular complexity index is 155. The average molecular weight is 187 g/mol. The Hall–Kier alpha value is -0.0951. The fraction of sp³-hybridized carbons (Fsp3) is 1.00. The van der Waals surface area contributed by atoms with Gasteiger partial charge in [0.1, 0.15) is 0 Å². The third-order valence-electron chi connectivity index (χ3n) is 1.91. The molecule has 1 aliphatic heterocycles. The minimum atomic E-state index is -0.581. The van der Waals surface area contributed by atoms with E-state index in [0.717, 1.165) is 6.42 Å². The molecule has 0 saturated carbocycles. The van der Waals surface area contributed by atoms with Gasteiger partial charge >= 0.3 is 7.32 Å². The molecule has 0 aromatic rings. The van der Waals surface area contributed by atoms with Crippen LogP contribution in [-0.2, 0) is 14.0 Å². The van der Waals surface area contributed by atoms with Crippen molar-refractivity contribution in [2.75, 3.05) is 13.2 Å². The Morgan fingerprint density at radius 3 is 2.46 bits per heavy atom. The molecule has 0 bridgehead atoms. The summed E-state index contributed by atoms with van der Waals surface area (Å²) in [6.07, 6.45) is 0.457. The van der Waals surface area contributed by atoms with Gasteiger partial charge in [-0.1, -0.05) is 20.8 Å². The topological polar surface area (TPSA) is 53.7 Å². The van der Waals surface area contributed by atoms with E-state index < -0.39 is 7.32 Å². The second-order valence-corrected chi connectivity index (χ2v) is 4.16. The highest BCUT2D eigenvalue weighted by molar-refractivity contribution is 6.36. The van der Waals surface area contributed by atoms with Gasteiger partial charge in [0.05, 0.1) is 6.23 Å². The fourth-order valence-electron chi connectivity index (χ4n) is 0.995. The van der Waals surface area contributed by atoms with Crippen LogP contribution in [0.25, 0.3) is 0 Å². The minimum absolute atomic E-state index is 0.0795. The SMILES string of the molecule is CCC(N)OB1OCC(C)(C)CO1.